The van der Waals surface area contributed by atoms with Crippen molar-refractivity contribution in [1.82, 2.24) is 4.98 Å². The number of carbonyl (C=O) groups is 1. The molecule has 0 aliphatic rings. The van der Waals surface area contributed by atoms with Crippen molar-refractivity contribution in [3.05, 3.63) is 72.2 Å². The normalized spacial score (nSPS) is 11.0. The van der Waals surface area contributed by atoms with Crippen LogP contribution in [-0.4, -0.2) is 23.8 Å². The Morgan fingerprint density at radius 1 is 1.21 bits per heavy atom. The van der Waals surface area contributed by atoms with Gasteiger partial charge in [-0.15, -0.1) is 11.8 Å². The molecule has 0 spiro atoms. The summed E-state index contributed by atoms with van der Waals surface area (Å²) < 4.78 is 11.7. The highest BCUT2D eigenvalue weighted by molar-refractivity contribution is 8.00. The number of aromatic nitrogens is 1. The second-order valence-electron chi connectivity index (χ2n) is 6.49. The summed E-state index contributed by atoms with van der Waals surface area (Å²) in [5.74, 6) is 1.81. The van der Waals surface area contributed by atoms with E-state index in [1.165, 1.54) is 28.7 Å². The van der Waals surface area contributed by atoms with Gasteiger partial charge in [0, 0.05) is 4.90 Å². The van der Waals surface area contributed by atoms with Crippen LogP contribution in [0.15, 0.2) is 70.2 Å². The van der Waals surface area contributed by atoms with Crippen LogP contribution in [0.1, 0.15) is 11.3 Å². The minimum atomic E-state index is -0.0157. The summed E-state index contributed by atoms with van der Waals surface area (Å²) in [6.07, 6.45) is 1.62. The number of benzene rings is 2. The SMILES string of the molecule is COc1ccc(SCC(=O)N(Cc2ccco2)c2nc3ccc(C)cc3s2)cc1. The number of rotatable bonds is 7. The molecule has 5 nitrogen and oxygen atoms in total. The van der Waals surface area contributed by atoms with Crippen LogP contribution in [0.5, 0.6) is 5.75 Å². The molecule has 0 bridgehead atoms. The zero-order valence-electron chi connectivity index (χ0n) is 16.1. The number of furan rings is 1. The lowest BCUT2D eigenvalue weighted by Gasteiger charge is -2.18. The van der Waals surface area contributed by atoms with Gasteiger partial charge in [0.2, 0.25) is 5.91 Å². The van der Waals surface area contributed by atoms with Gasteiger partial charge in [-0.3, -0.25) is 9.69 Å². The smallest absolute Gasteiger partial charge is 0.239 e. The maximum absolute atomic E-state index is 13.1. The number of hydrogen-bond acceptors (Lipinski definition) is 6. The molecule has 0 saturated carbocycles. The number of hydrogen-bond donors (Lipinski definition) is 0. The number of ether oxygens (including phenoxy) is 1. The van der Waals surface area contributed by atoms with Gasteiger partial charge in [0.25, 0.3) is 0 Å². The van der Waals surface area contributed by atoms with Crippen molar-refractivity contribution in [3.63, 3.8) is 0 Å². The van der Waals surface area contributed by atoms with Crippen LogP contribution in [0.3, 0.4) is 0 Å². The molecule has 29 heavy (non-hydrogen) atoms. The molecule has 1 amide bonds. The van der Waals surface area contributed by atoms with E-state index in [2.05, 4.69) is 18.0 Å². The zero-order chi connectivity index (χ0) is 20.2. The summed E-state index contributed by atoms with van der Waals surface area (Å²) in [6.45, 7) is 2.41. The number of amides is 1. The molecular weight excluding hydrogens is 404 g/mol. The number of nitrogens with zero attached hydrogens (tertiary/aromatic N) is 2. The minimum Gasteiger partial charge on any atom is -0.497 e. The third kappa shape index (κ3) is 4.63. The summed E-state index contributed by atoms with van der Waals surface area (Å²) in [5, 5.41) is 0.683. The summed E-state index contributed by atoms with van der Waals surface area (Å²) >= 11 is 3.01. The molecule has 0 radical (unpaired) electrons. The fourth-order valence-electron chi connectivity index (χ4n) is 2.85. The number of fused-ring (bicyclic) bond motifs is 1. The predicted molar refractivity (Wildman–Crippen MR) is 118 cm³/mol. The molecule has 0 unspecified atom stereocenters. The van der Waals surface area contributed by atoms with Gasteiger partial charge in [0.15, 0.2) is 5.13 Å². The van der Waals surface area contributed by atoms with Crippen molar-refractivity contribution in [2.45, 2.75) is 18.4 Å². The average molecular weight is 425 g/mol. The molecule has 2 aromatic heterocycles. The molecule has 0 fully saturated rings. The fourth-order valence-corrected chi connectivity index (χ4v) is 4.71. The summed E-state index contributed by atoms with van der Waals surface area (Å²) in [7, 11) is 1.64. The van der Waals surface area contributed by atoms with Gasteiger partial charge in [-0.1, -0.05) is 17.4 Å². The molecular formula is C22H20N2O3S2. The quantitative estimate of drug-likeness (QED) is 0.365. The van der Waals surface area contributed by atoms with E-state index in [0.29, 0.717) is 17.4 Å². The van der Waals surface area contributed by atoms with E-state index in [9.17, 15) is 4.79 Å². The Bertz CT molecular complexity index is 1110. The molecule has 0 N–H and O–H groups in total. The molecule has 2 aromatic carbocycles. The van der Waals surface area contributed by atoms with Crippen molar-refractivity contribution in [2.24, 2.45) is 0 Å². The molecule has 2 heterocycles. The van der Waals surface area contributed by atoms with E-state index in [1.54, 1.807) is 18.3 Å². The molecule has 7 heteroatoms. The molecule has 148 valence electrons. The number of aryl methyl sites for hydroxylation is 1. The summed E-state index contributed by atoms with van der Waals surface area (Å²) in [4.78, 5) is 20.5. The largest absolute Gasteiger partial charge is 0.497 e. The molecule has 4 aromatic rings. The Morgan fingerprint density at radius 3 is 2.76 bits per heavy atom. The van der Waals surface area contributed by atoms with E-state index in [1.807, 2.05) is 48.5 Å². The summed E-state index contributed by atoms with van der Waals surface area (Å²) in [5.41, 5.74) is 2.07. The monoisotopic (exact) mass is 424 g/mol. The minimum absolute atomic E-state index is 0.0157. The highest BCUT2D eigenvalue weighted by Crippen LogP contribution is 2.31. The van der Waals surface area contributed by atoms with Crippen molar-refractivity contribution in [1.29, 1.82) is 0 Å². The van der Waals surface area contributed by atoms with E-state index >= 15 is 0 Å². The maximum Gasteiger partial charge on any atom is 0.239 e. The third-order valence-electron chi connectivity index (χ3n) is 4.38. The van der Waals surface area contributed by atoms with E-state index in [4.69, 9.17) is 9.15 Å². The van der Waals surface area contributed by atoms with Gasteiger partial charge in [-0.25, -0.2) is 4.98 Å². The lowest BCUT2D eigenvalue weighted by Crippen LogP contribution is -2.31. The van der Waals surface area contributed by atoms with Crippen LogP contribution < -0.4 is 9.64 Å². The highest BCUT2D eigenvalue weighted by Gasteiger charge is 2.21. The van der Waals surface area contributed by atoms with Crippen LogP contribution in [-0.2, 0) is 11.3 Å². The van der Waals surface area contributed by atoms with Crippen LogP contribution in [0.25, 0.3) is 10.2 Å². The second kappa shape index (κ2) is 8.71. The Hall–Kier alpha value is -2.77. The molecule has 0 aliphatic carbocycles. The molecule has 4 rings (SSSR count). The Balaban J connectivity index is 1.55. The molecule has 0 atom stereocenters. The highest BCUT2D eigenvalue weighted by atomic mass is 32.2. The fraction of sp³-hybridized carbons (Fsp3) is 0.182. The van der Waals surface area contributed by atoms with Crippen LogP contribution in [0, 0.1) is 6.92 Å². The second-order valence-corrected chi connectivity index (χ2v) is 8.55. The first-order valence-corrected chi connectivity index (χ1v) is 10.9. The van der Waals surface area contributed by atoms with E-state index < -0.39 is 0 Å². The van der Waals surface area contributed by atoms with Gasteiger partial charge in [-0.2, -0.15) is 0 Å². The molecule has 0 saturated heterocycles. The lowest BCUT2D eigenvalue weighted by molar-refractivity contribution is -0.116. The number of anilines is 1. The van der Waals surface area contributed by atoms with E-state index in [-0.39, 0.29) is 5.91 Å². The topological polar surface area (TPSA) is 55.6 Å². The van der Waals surface area contributed by atoms with Gasteiger partial charge in [-0.05, 0) is 61.0 Å². The van der Waals surface area contributed by atoms with Crippen molar-refractivity contribution in [3.8, 4) is 5.75 Å². The number of thioether (sulfide) groups is 1. The maximum atomic E-state index is 13.1. The number of carbonyl (C=O) groups excluding carboxylic acids is 1. The first kappa shape index (κ1) is 19.5. The molecule has 0 aliphatic heterocycles. The third-order valence-corrected chi connectivity index (χ3v) is 6.42. The Labute approximate surface area is 177 Å². The zero-order valence-corrected chi connectivity index (χ0v) is 17.8. The van der Waals surface area contributed by atoms with Gasteiger partial charge < -0.3 is 9.15 Å². The number of thiazole rings is 1. The Morgan fingerprint density at radius 2 is 2.03 bits per heavy atom. The average Bonchev–Trinajstić information content (AvgIpc) is 3.39. The van der Waals surface area contributed by atoms with Crippen LogP contribution >= 0.6 is 23.1 Å². The van der Waals surface area contributed by atoms with E-state index in [0.717, 1.165) is 26.6 Å². The predicted octanol–water partition coefficient (Wildman–Crippen LogP) is 5.53. The van der Waals surface area contributed by atoms with Crippen LogP contribution in [0.4, 0.5) is 5.13 Å². The van der Waals surface area contributed by atoms with Gasteiger partial charge in [0.1, 0.15) is 11.5 Å². The standard InChI is InChI=1S/C22H20N2O3S2/c1-15-5-10-19-20(12-15)29-22(23-19)24(13-17-4-3-11-27-17)21(25)14-28-18-8-6-16(26-2)7-9-18/h3-12H,13-14H2,1-2H3. The first-order valence-electron chi connectivity index (χ1n) is 9.09. The van der Waals surface area contributed by atoms with Crippen LogP contribution in [0.2, 0.25) is 0 Å². The first-order chi connectivity index (χ1) is 14.1. The number of methoxy groups -OCH3 is 1. The van der Waals surface area contributed by atoms with Crippen molar-refractivity contribution in [2.75, 3.05) is 17.8 Å². The van der Waals surface area contributed by atoms with Gasteiger partial charge >= 0.3 is 0 Å². The van der Waals surface area contributed by atoms with Crippen molar-refractivity contribution < 1.29 is 13.9 Å². The van der Waals surface area contributed by atoms with Crippen molar-refractivity contribution >= 4 is 44.4 Å². The lowest BCUT2D eigenvalue weighted by atomic mass is 10.2. The Kier molecular flexibility index (Phi) is 5.87. The van der Waals surface area contributed by atoms with Gasteiger partial charge in [0.05, 0.1) is 35.9 Å². The summed E-state index contributed by atoms with van der Waals surface area (Å²) in [6, 6.07) is 17.5.